The van der Waals surface area contributed by atoms with E-state index < -0.39 is 6.04 Å². The van der Waals surface area contributed by atoms with Gasteiger partial charge < -0.3 is 10.6 Å². The van der Waals surface area contributed by atoms with Gasteiger partial charge in [-0.15, -0.1) is 0 Å². The number of likely N-dealkylation sites (N-methyl/N-ethyl adjacent to an activating group) is 1. The lowest BCUT2D eigenvalue weighted by molar-refractivity contribution is -0.119. The quantitative estimate of drug-likeness (QED) is 0.627. The second-order valence-corrected chi connectivity index (χ2v) is 7.37. The molecule has 8 heteroatoms. The van der Waals surface area contributed by atoms with Crippen LogP contribution < -0.4 is 10.6 Å². The average Bonchev–Trinajstić information content (AvgIpc) is 2.96. The average molecular weight is 445 g/mol. The molecule has 1 aliphatic rings. The van der Waals surface area contributed by atoms with Crippen molar-refractivity contribution in [1.82, 2.24) is 10.2 Å². The Balaban J connectivity index is 2.00. The molecule has 0 bridgehead atoms. The molecule has 0 saturated carbocycles. The summed E-state index contributed by atoms with van der Waals surface area (Å²) in [7, 11) is 1.72. The molecule has 0 saturated heterocycles. The van der Waals surface area contributed by atoms with Crippen LogP contribution in [-0.2, 0) is 4.79 Å². The smallest absolute Gasteiger partial charge is 0.257 e. The number of nitrogen functional groups attached to an aromatic ring is 1. The number of amides is 1. The number of benzene rings is 2. The maximum atomic E-state index is 13.2. The highest BCUT2D eigenvalue weighted by atomic mass is 79.9. The van der Waals surface area contributed by atoms with Gasteiger partial charge in [0.1, 0.15) is 0 Å². The first-order valence-electron chi connectivity index (χ1n) is 8.17. The van der Waals surface area contributed by atoms with Gasteiger partial charge >= 0.3 is 0 Å². The number of hydrogen-bond donors (Lipinski definition) is 2. The van der Waals surface area contributed by atoms with Crippen molar-refractivity contribution < 1.29 is 4.79 Å². The largest absolute Gasteiger partial charge is 0.381 e. The number of carbonyl (C=O) groups is 1. The minimum absolute atomic E-state index is 0.200. The van der Waals surface area contributed by atoms with E-state index in [0.29, 0.717) is 20.9 Å². The monoisotopic (exact) mass is 443 g/mol. The number of carbonyl (C=O) groups excluding carboxylic acids is 1. The fourth-order valence-electron chi connectivity index (χ4n) is 3.10. The topological polar surface area (TPSA) is 87.4 Å². The number of rotatable bonds is 2. The first kappa shape index (κ1) is 17.8. The molecule has 0 spiro atoms. The summed E-state index contributed by atoms with van der Waals surface area (Å²) in [4.78, 5) is 19.6. The number of fused-ring (bicyclic) bond motifs is 1. The van der Waals surface area contributed by atoms with E-state index in [1.807, 2.05) is 42.5 Å². The zero-order valence-electron chi connectivity index (χ0n) is 14.3. The van der Waals surface area contributed by atoms with Gasteiger partial charge in [-0.3, -0.25) is 14.9 Å². The van der Waals surface area contributed by atoms with Gasteiger partial charge in [-0.25, -0.2) is 0 Å². The molecule has 1 atom stereocenters. The van der Waals surface area contributed by atoms with E-state index in [0.717, 1.165) is 16.8 Å². The van der Waals surface area contributed by atoms with Crippen LogP contribution in [0.15, 0.2) is 58.0 Å². The second-order valence-electron chi connectivity index (χ2n) is 6.14. The summed E-state index contributed by atoms with van der Waals surface area (Å²) in [5.74, 6) is 0.0792. The van der Waals surface area contributed by atoms with Gasteiger partial charge in [-0.1, -0.05) is 41.9 Å². The molecular formula is C19H15BrClN5O. The fourth-order valence-corrected chi connectivity index (χ4v) is 3.66. The third-order valence-corrected chi connectivity index (χ3v) is 5.55. The summed E-state index contributed by atoms with van der Waals surface area (Å²) in [6, 6.07) is 14.3. The Morgan fingerprint density at radius 1 is 1.22 bits per heavy atom. The van der Waals surface area contributed by atoms with Gasteiger partial charge in [-0.2, -0.15) is 5.10 Å². The predicted octanol–water partition coefficient (Wildman–Crippen LogP) is 3.96. The summed E-state index contributed by atoms with van der Waals surface area (Å²) in [5, 5.41) is 7.39. The number of aliphatic imine (C=N–C) groups is 1. The van der Waals surface area contributed by atoms with E-state index in [2.05, 4.69) is 26.1 Å². The molecule has 1 aromatic heterocycles. The molecule has 27 heavy (non-hydrogen) atoms. The Kier molecular flexibility index (Phi) is 4.49. The number of hydrogen-bond acceptors (Lipinski definition) is 4. The lowest BCUT2D eigenvalue weighted by atomic mass is 10.0. The van der Waals surface area contributed by atoms with Crippen molar-refractivity contribution in [2.24, 2.45) is 4.99 Å². The zero-order valence-corrected chi connectivity index (χ0v) is 16.6. The molecule has 1 unspecified atom stereocenters. The second kappa shape index (κ2) is 6.83. The maximum absolute atomic E-state index is 13.2. The number of aromatic amines is 1. The first-order chi connectivity index (χ1) is 13.0. The van der Waals surface area contributed by atoms with Crippen LogP contribution in [0.4, 0.5) is 11.5 Å². The molecule has 3 aromatic rings. The molecule has 0 radical (unpaired) electrons. The summed E-state index contributed by atoms with van der Waals surface area (Å²) in [5.41, 5.74) is 9.43. The zero-order chi connectivity index (χ0) is 19.1. The molecule has 2 aromatic carbocycles. The van der Waals surface area contributed by atoms with Gasteiger partial charge in [0.15, 0.2) is 11.9 Å². The number of H-pyrrole nitrogens is 1. The third kappa shape index (κ3) is 3.02. The van der Waals surface area contributed by atoms with Crippen molar-refractivity contribution in [1.29, 1.82) is 0 Å². The standard InChI is InChI=1S/C19H15BrClN5O/c1-26-13-8-7-11(21)9-12(13)15(10-5-3-2-4-6-10)23-17(19(26)27)16-14(20)18(22)25-24-16/h2-9,17H,1H3,(H3,22,24,25). The number of nitrogens with two attached hydrogens (primary N) is 1. The molecule has 2 heterocycles. The van der Waals surface area contributed by atoms with Crippen LogP contribution in [0, 0.1) is 0 Å². The lowest BCUT2D eigenvalue weighted by Gasteiger charge is -2.20. The summed E-state index contributed by atoms with van der Waals surface area (Å²) >= 11 is 9.65. The molecule has 0 fully saturated rings. The van der Waals surface area contributed by atoms with Gasteiger partial charge in [-0.05, 0) is 34.1 Å². The maximum Gasteiger partial charge on any atom is 0.257 e. The van der Waals surface area contributed by atoms with Gasteiger partial charge in [0.25, 0.3) is 5.91 Å². The van der Waals surface area contributed by atoms with Gasteiger partial charge in [0, 0.05) is 23.2 Å². The lowest BCUT2D eigenvalue weighted by Crippen LogP contribution is -2.30. The Bertz CT molecular complexity index is 1060. The Morgan fingerprint density at radius 3 is 2.63 bits per heavy atom. The van der Waals surface area contributed by atoms with E-state index in [1.54, 1.807) is 18.0 Å². The molecule has 0 aliphatic carbocycles. The van der Waals surface area contributed by atoms with Crippen molar-refractivity contribution in [3.8, 4) is 0 Å². The van der Waals surface area contributed by atoms with Crippen molar-refractivity contribution >= 4 is 50.7 Å². The van der Waals surface area contributed by atoms with Gasteiger partial charge in [0.2, 0.25) is 0 Å². The summed E-state index contributed by atoms with van der Waals surface area (Å²) < 4.78 is 0.536. The number of benzodiazepines with no additional fused rings is 1. The normalized spacial score (nSPS) is 16.7. The third-order valence-electron chi connectivity index (χ3n) is 4.48. The predicted molar refractivity (Wildman–Crippen MR) is 110 cm³/mol. The molecular weight excluding hydrogens is 430 g/mol. The number of nitrogens with zero attached hydrogens (tertiary/aromatic N) is 3. The SMILES string of the molecule is CN1C(=O)C(c2[nH]nc(N)c2Br)N=C(c2ccccc2)c2cc(Cl)ccc21. The molecule has 1 aliphatic heterocycles. The molecule has 136 valence electrons. The van der Waals surface area contributed by atoms with Crippen LogP contribution in [0.3, 0.4) is 0 Å². The Labute approximate surface area is 169 Å². The molecule has 4 rings (SSSR count). The van der Waals surface area contributed by atoms with Crippen LogP contribution in [0.2, 0.25) is 5.02 Å². The number of aromatic nitrogens is 2. The van der Waals surface area contributed by atoms with Crippen LogP contribution in [0.25, 0.3) is 0 Å². The van der Waals surface area contributed by atoms with Crippen molar-refractivity contribution in [2.75, 3.05) is 17.7 Å². The minimum atomic E-state index is -0.824. The highest BCUT2D eigenvalue weighted by molar-refractivity contribution is 9.10. The first-order valence-corrected chi connectivity index (χ1v) is 9.34. The van der Waals surface area contributed by atoms with E-state index in [4.69, 9.17) is 22.3 Å². The van der Waals surface area contributed by atoms with Gasteiger partial charge in [0.05, 0.1) is 21.6 Å². The molecule has 6 nitrogen and oxygen atoms in total. The highest BCUT2D eigenvalue weighted by Gasteiger charge is 2.34. The summed E-state index contributed by atoms with van der Waals surface area (Å²) in [6.07, 6.45) is 0. The van der Waals surface area contributed by atoms with Crippen LogP contribution in [0.5, 0.6) is 0 Å². The highest BCUT2D eigenvalue weighted by Crippen LogP contribution is 2.36. The number of nitrogens with one attached hydrogen (secondary N) is 1. The molecule has 3 N–H and O–H groups in total. The Hall–Kier alpha value is -2.64. The van der Waals surface area contributed by atoms with Crippen molar-refractivity contribution in [2.45, 2.75) is 6.04 Å². The molecule has 1 amide bonds. The summed E-state index contributed by atoms with van der Waals surface area (Å²) in [6.45, 7) is 0. The fraction of sp³-hybridized carbons (Fsp3) is 0.105. The number of halogens is 2. The van der Waals surface area contributed by atoms with Crippen LogP contribution in [-0.4, -0.2) is 28.9 Å². The van der Waals surface area contributed by atoms with E-state index in [-0.39, 0.29) is 11.7 Å². The van der Waals surface area contributed by atoms with Crippen LogP contribution >= 0.6 is 27.5 Å². The number of anilines is 2. The van der Waals surface area contributed by atoms with Crippen molar-refractivity contribution in [3.63, 3.8) is 0 Å². The van der Waals surface area contributed by atoms with Crippen molar-refractivity contribution in [3.05, 3.63) is 74.8 Å². The van der Waals surface area contributed by atoms with E-state index >= 15 is 0 Å². The van der Waals surface area contributed by atoms with Crippen LogP contribution in [0.1, 0.15) is 22.9 Å². The van der Waals surface area contributed by atoms with E-state index in [1.165, 1.54) is 0 Å². The minimum Gasteiger partial charge on any atom is -0.381 e. The van der Waals surface area contributed by atoms with E-state index in [9.17, 15) is 4.79 Å². The Morgan fingerprint density at radius 2 is 1.96 bits per heavy atom.